The number of ether oxygens (including phenoxy) is 2. The Balaban J connectivity index is 3.06. The maximum Gasteiger partial charge on any atom is 0.192 e. The number of aliphatic hydroxyl groups excluding tert-OH is 1. The van der Waals surface area contributed by atoms with Gasteiger partial charge in [0.05, 0.1) is 16.3 Å². The van der Waals surface area contributed by atoms with Gasteiger partial charge in [-0.1, -0.05) is 26.8 Å². The van der Waals surface area contributed by atoms with Crippen LogP contribution in [0, 0.1) is 0 Å². The van der Waals surface area contributed by atoms with Crippen molar-refractivity contribution in [1.29, 1.82) is 0 Å². The lowest BCUT2D eigenvalue weighted by Crippen LogP contribution is -2.44. The van der Waals surface area contributed by atoms with Crippen LogP contribution in [-0.2, 0) is 13.9 Å². The van der Waals surface area contributed by atoms with Gasteiger partial charge in [0.15, 0.2) is 8.32 Å². The Bertz CT molecular complexity index is 432. The second kappa shape index (κ2) is 14.5. The molecule has 1 rings (SSSR count). The van der Waals surface area contributed by atoms with Crippen molar-refractivity contribution in [1.82, 2.24) is 0 Å². The molecule has 0 aromatic heterocycles. The first-order valence-electron chi connectivity index (χ1n) is 11.2. The van der Waals surface area contributed by atoms with Crippen molar-refractivity contribution in [3.8, 4) is 0 Å². The molecule has 0 unspecified atom stereocenters. The van der Waals surface area contributed by atoms with Crippen LogP contribution in [0.4, 0.5) is 0 Å². The summed E-state index contributed by atoms with van der Waals surface area (Å²) < 4.78 is 18.2. The number of hydrogen-bond acceptors (Lipinski definition) is 6. The van der Waals surface area contributed by atoms with E-state index in [0.717, 1.165) is 43.8 Å². The predicted octanol–water partition coefficient (Wildman–Crippen LogP) is 6.06. The number of rotatable bonds is 16. The maximum absolute atomic E-state index is 10.2. The highest BCUT2D eigenvalue weighted by Crippen LogP contribution is 2.50. The summed E-state index contributed by atoms with van der Waals surface area (Å²) in [5, 5.41) is 10.2. The van der Waals surface area contributed by atoms with Gasteiger partial charge < -0.3 is 19.0 Å². The van der Waals surface area contributed by atoms with Crippen molar-refractivity contribution in [2.24, 2.45) is 0 Å². The van der Waals surface area contributed by atoms with E-state index >= 15 is 0 Å². The molecular formula is C22H44O4S2Si. The lowest BCUT2D eigenvalue weighted by Gasteiger charge is -2.42. The summed E-state index contributed by atoms with van der Waals surface area (Å²) in [4.78, 5) is 0. The molecule has 3 atom stereocenters. The first kappa shape index (κ1) is 27.5. The van der Waals surface area contributed by atoms with Gasteiger partial charge in [0.2, 0.25) is 0 Å². The van der Waals surface area contributed by atoms with Gasteiger partial charge in [-0.25, -0.2) is 0 Å². The molecule has 0 aromatic carbocycles. The summed E-state index contributed by atoms with van der Waals surface area (Å²) in [7, 11) is -0.0908. The second-order valence-electron chi connectivity index (χ2n) is 8.16. The molecule has 1 aliphatic heterocycles. The Morgan fingerprint density at radius 3 is 2.21 bits per heavy atom. The van der Waals surface area contributed by atoms with Crippen molar-refractivity contribution in [3.63, 3.8) is 0 Å². The molecular weight excluding hydrogens is 420 g/mol. The minimum atomic E-state index is -1.75. The molecule has 0 aliphatic carbocycles. The Labute approximate surface area is 189 Å². The van der Waals surface area contributed by atoms with E-state index in [1.165, 1.54) is 17.9 Å². The van der Waals surface area contributed by atoms with E-state index in [9.17, 15) is 5.11 Å². The van der Waals surface area contributed by atoms with E-state index < -0.39 is 8.32 Å². The first-order chi connectivity index (χ1) is 13.9. The fourth-order valence-electron chi connectivity index (χ4n) is 4.14. The van der Waals surface area contributed by atoms with E-state index in [0.29, 0.717) is 6.79 Å². The molecule has 1 saturated heterocycles. The van der Waals surface area contributed by atoms with E-state index in [2.05, 4.69) is 27.4 Å². The third-order valence-electron chi connectivity index (χ3n) is 5.89. The van der Waals surface area contributed by atoms with Crippen LogP contribution < -0.4 is 0 Å². The van der Waals surface area contributed by atoms with Gasteiger partial charge in [-0.15, -0.1) is 30.1 Å². The lowest BCUT2D eigenvalue weighted by molar-refractivity contribution is -0.0824. The van der Waals surface area contributed by atoms with Crippen LogP contribution >= 0.6 is 23.5 Å². The highest BCUT2D eigenvalue weighted by atomic mass is 32.2. The van der Waals surface area contributed by atoms with E-state index in [4.69, 9.17) is 13.9 Å². The highest BCUT2D eigenvalue weighted by Gasteiger charge is 2.41. The van der Waals surface area contributed by atoms with Crippen LogP contribution in [0.5, 0.6) is 0 Å². The average Bonchev–Trinajstić information content (AvgIpc) is 2.70. The first-order valence-corrected chi connectivity index (χ1v) is 15.7. The third kappa shape index (κ3) is 9.67. The topological polar surface area (TPSA) is 47.9 Å². The zero-order valence-corrected chi connectivity index (χ0v) is 21.9. The van der Waals surface area contributed by atoms with Crippen LogP contribution in [0.2, 0.25) is 18.1 Å². The monoisotopic (exact) mass is 464 g/mol. The molecule has 4 nitrogen and oxygen atoms in total. The predicted molar refractivity (Wildman–Crippen MR) is 131 cm³/mol. The zero-order chi connectivity index (χ0) is 21.8. The molecule has 172 valence electrons. The van der Waals surface area contributed by atoms with Crippen molar-refractivity contribution >= 4 is 31.8 Å². The molecule has 0 bridgehead atoms. The molecule has 0 amide bonds. The number of aliphatic hydroxyl groups is 1. The third-order valence-corrected chi connectivity index (χ3v) is 14.0. The Hall–Kier alpha value is 0.497. The minimum Gasteiger partial charge on any atom is -0.414 e. The van der Waals surface area contributed by atoms with Crippen LogP contribution in [0.15, 0.2) is 12.7 Å². The van der Waals surface area contributed by atoms with Crippen LogP contribution in [0.3, 0.4) is 0 Å². The van der Waals surface area contributed by atoms with Crippen molar-refractivity contribution in [3.05, 3.63) is 12.7 Å². The average molecular weight is 465 g/mol. The fourth-order valence-corrected chi connectivity index (χ4v) is 10.7. The van der Waals surface area contributed by atoms with Gasteiger partial charge in [0, 0.05) is 13.2 Å². The number of methoxy groups -OCH3 is 1. The number of thioether (sulfide) groups is 2. The van der Waals surface area contributed by atoms with E-state index in [1.807, 2.05) is 36.5 Å². The lowest BCUT2D eigenvalue weighted by atomic mass is 10.0. The molecule has 1 fully saturated rings. The minimum absolute atomic E-state index is 0.0342. The molecule has 7 heteroatoms. The molecule has 29 heavy (non-hydrogen) atoms. The smallest absolute Gasteiger partial charge is 0.192 e. The van der Waals surface area contributed by atoms with Crippen molar-refractivity contribution in [2.75, 3.05) is 25.4 Å². The molecule has 1 N–H and O–H groups in total. The summed E-state index contributed by atoms with van der Waals surface area (Å²) in [6.07, 6.45) is 6.49. The summed E-state index contributed by atoms with van der Waals surface area (Å²) in [5.41, 5.74) is 0. The summed E-state index contributed by atoms with van der Waals surface area (Å²) in [6.45, 7) is 13.0. The van der Waals surface area contributed by atoms with Crippen molar-refractivity contribution in [2.45, 2.75) is 100 Å². The summed E-state index contributed by atoms with van der Waals surface area (Å²) in [5.74, 6) is 2.33. The Morgan fingerprint density at radius 2 is 1.72 bits per heavy atom. The van der Waals surface area contributed by atoms with Gasteiger partial charge in [0.1, 0.15) is 6.79 Å². The molecule has 0 radical (unpaired) electrons. The molecule has 1 heterocycles. The maximum atomic E-state index is 10.2. The van der Waals surface area contributed by atoms with Gasteiger partial charge in [-0.3, -0.25) is 0 Å². The zero-order valence-electron chi connectivity index (χ0n) is 19.3. The highest BCUT2D eigenvalue weighted by molar-refractivity contribution is 8.18. The van der Waals surface area contributed by atoms with Crippen molar-refractivity contribution < 1.29 is 19.0 Å². The van der Waals surface area contributed by atoms with Gasteiger partial charge in [-0.2, -0.15) is 0 Å². The Morgan fingerprint density at radius 1 is 1.10 bits per heavy atom. The Kier molecular flexibility index (Phi) is 13.8. The SMILES string of the molecule is C=CC[C@H](C[C@H](CC1(C[C@H](C)O)SCCCS1)O[Si](CC)(CC)CC)OCOC. The molecule has 0 aromatic rings. The van der Waals surface area contributed by atoms with Crippen LogP contribution in [0.25, 0.3) is 0 Å². The van der Waals surface area contributed by atoms with Gasteiger partial charge in [-0.05, 0) is 68.7 Å². The quantitative estimate of drug-likeness (QED) is 0.170. The molecule has 1 aliphatic rings. The fraction of sp³-hybridized carbons (Fsp3) is 0.909. The van der Waals surface area contributed by atoms with E-state index in [-0.39, 0.29) is 22.4 Å². The second-order valence-corrected chi connectivity index (χ2v) is 16.1. The normalized spacial score (nSPS) is 20.2. The van der Waals surface area contributed by atoms with Crippen LogP contribution in [-0.4, -0.2) is 61.2 Å². The van der Waals surface area contributed by atoms with Gasteiger partial charge in [0.25, 0.3) is 0 Å². The molecule has 0 spiro atoms. The molecule has 0 saturated carbocycles. The largest absolute Gasteiger partial charge is 0.414 e. The number of hydrogen-bond donors (Lipinski definition) is 1. The van der Waals surface area contributed by atoms with Gasteiger partial charge >= 0.3 is 0 Å². The summed E-state index contributed by atoms with van der Waals surface area (Å²) >= 11 is 4.05. The standard InChI is InChI=1S/C22H44O4S2Si/c1-7-12-20(25-18-24-6)15-21(26-29(8-2,9-3)10-4)17-22(16-19(5)23)27-13-11-14-28-22/h7,19-21,23H,1,8-18H2,2-6H3/t19-,20+,21+/m0/s1. The summed E-state index contributed by atoms with van der Waals surface area (Å²) in [6, 6.07) is 3.43. The van der Waals surface area contributed by atoms with Crippen LogP contribution in [0.1, 0.15) is 59.8 Å². The van der Waals surface area contributed by atoms with E-state index in [1.54, 1.807) is 7.11 Å².